The molecular formula is C22H31N3O2. The predicted octanol–water partition coefficient (Wildman–Crippen LogP) is 4.41. The van der Waals surface area contributed by atoms with Crippen molar-refractivity contribution in [3.8, 4) is 5.75 Å². The van der Waals surface area contributed by atoms with E-state index in [1.807, 2.05) is 24.4 Å². The Kier molecular flexibility index (Phi) is 5.67. The molecule has 5 nitrogen and oxygen atoms in total. The van der Waals surface area contributed by atoms with E-state index in [9.17, 15) is 4.79 Å². The van der Waals surface area contributed by atoms with Gasteiger partial charge in [-0.05, 0) is 75.9 Å². The number of carbonyl (C=O) groups excluding carboxylic acids is 1. The van der Waals surface area contributed by atoms with Gasteiger partial charge in [0.05, 0.1) is 12.3 Å². The van der Waals surface area contributed by atoms with Crippen molar-refractivity contribution < 1.29 is 9.53 Å². The van der Waals surface area contributed by atoms with Crippen LogP contribution in [0.25, 0.3) is 10.9 Å². The molecule has 1 saturated carbocycles. The number of benzene rings is 1. The first-order valence-electron chi connectivity index (χ1n) is 10.5. The molecule has 27 heavy (non-hydrogen) atoms. The maximum atomic E-state index is 12.3. The summed E-state index contributed by atoms with van der Waals surface area (Å²) in [5.74, 6) is 1.99. The number of fused-ring (bicyclic) bond motifs is 1. The van der Waals surface area contributed by atoms with Gasteiger partial charge in [-0.3, -0.25) is 4.79 Å². The van der Waals surface area contributed by atoms with Crippen molar-refractivity contribution in [3.05, 3.63) is 24.4 Å². The van der Waals surface area contributed by atoms with Crippen molar-refractivity contribution in [1.29, 1.82) is 0 Å². The van der Waals surface area contributed by atoms with Gasteiger partial charge in [-0.1, -0.05) is 13.3 Å². The highest BCUT2D eigenvalue weighted by Gasteiger charge is 2.25. The Balaban J connectivity index is 1.32. The van der Waals surface area contributed by atoms with Gasteiger partial charge in [-0.25, -0.2) is 0 Å². The molecule has 146 valence electrons. The van der Waals surface area contributed by atoms with Gasteiger partial charge in [0.2, 0.25) is 5.91 Å². The standard InChI is InChI=1S/C22H31N3O2/c1-2-25-11-8-16(9-12-25)10-13-27-18-6-7-20-19(14-18)21(15-23-20)24-22(26)17-4-3-5-17/h6-7,14-17,23H,2-5,8-13H2,1H3,(H,24,26). The van der Waals surface area contributed by atoms with E-state index < -0.39 is 0 Å². The first kappa shape index (κ1) is 18.4. The Morgan fingerprint density at radius 3 is 2.78 bits per heavy atom. The number of H-pyrrole nitrogens is 1. The van der Waals surface area contributed by atoms with Crippen LogP contribution in [-0.2, 0) is 4.79 Å². The molecule has 2 fully saturated rings. The Morgan fingerprint density at radius 1 is 1.26 bits per heavy atom. The van der Waals surface area contributed by atoms with Crippen molar-refractivity contribution in [2.75, 3.05) is 31.6 Å². The summed E-state index contributed by atoms with van der Waals surface area (Å²) < 4.78 is 6.04. The molecule has 0 bridgehead atoms. The van der Waals surface area contributed by atoms with Gasteiger partial charge in [0.1, 0.15) is 5.75 Å². The number of nitrogens with one attached hydrogen (secondary N) is 2. The molecule has 1 aromatic carbocycles. The fraction of sp³-hybridized carbons (Fsp3) is 0.591. The number of hydrogen-bond acceptors (Lipinski definition) is 3. The van der Waals surface area contributed by atoms with Crippen LogP contribution < -0.4 is 10.1 Å². The number of piperidine rings is 1. The second-order valence-electron chi connectivity index (χ2n) is 8.04. The van der Waals surface area contributed by atoms with Crippen LogP contribution in [0.3, 0.4) is 0 Å². The number of ether oxygens (including phenoxy) is 1. The van der Waals surface area contributed by atoms with Crippen molar-refractivity contribution in [1.82, 2.24) is 9.88 Å². The molecule has 0 unspecified atom stereocenters. The molecule has 2 aliphatic rings. The summed E-state index contributed by atoms with van der Waals surface area (Å²) in [6.07, 6.45) is 8.76. The Labute approximate surface area is 161 Å². The lowest BCUT2D eigenvalue weighted by Crippen LogP contribution is -2.33. The fourth-order valence-electron chi connectivity index (χ4n) is 4.13. The highest BCUT2D eigenvalue weighted by atomic mass is 16.5. The number of likely N-dealkylation sites (tertiary alicyclic amines) is 1. The minimum atomic E-state index is 0.145. The van der Waals surface area contributed by atoms with Gasteiger partial charge in [-0.15, -0.1) is 0 Å². The van der Waals surface area contributed by atoms with E-state index in [2.05, 4.69) is 22.1 Å². The van der Waals surface area contributed by atoms with E-state index in [0.29, 0.717) is 0 Å². The van der Waals surface area contributed by atoms with E-state index in [0.717, 1.165) is 54.1 Å². The average molecular weight is 370 g/mol. The number of nitrogens with zero attached hydrogens (tertiary/aromatic N) is 1. The van der Waals surface area contributed by atoms with Crippen LogP contribution in [0.2, 0.25) is 0 Å². The number of anilines is 1. The summed E-state index contributed by atoms with van der Waals surface area (Å²) >= 11 is 0. The molecule has 1 saturated heterocycles. The van der Waals surface area contributed by atoms with Crippen molar-refractivity contribution in [3.63, 3.8) is 0 Å². The SMILES string of the molecule is CCN1CCC(CCOc2ccc3[nH]cc(NC(=O)C4CCC4)c3c2)CC1. The van der Waals surface area contributed by atoms with Crippen LogP contribution >= 0.6 is 0 Å². The smallest absolute Gasteiger partial charge is 0.227 e. The number of aromatic nitrogens is 1. The fourth-order valence-corrected chi connectivity index (χ4v) is 4.13. The average Bonchev–Trinajstić information content (AvgIpc) is 3.03. The molecule has 1 aliphatic carbocycles. The molecule has 5 heteroatoms. The lowest BCUT2D eigenvalue weighted by atomic mass is 9.85. The molecule has 0 spiro atoms. The topological polar surface area (TPSA) is 57.4 Å². The van der Waals surface area contributed by atoms with Gasteiger partial charge in [-0.2, -0.15) is 0 Å². The van der Waals surface area contributed by atoms with Gasteiger partial charge in [0.25, 0.3) is 0 Å². The molecule has 1 aromatic heterocycles. The van der Waals surface area contributed by atoms with Crippen molar-refractivity contribution in [2.24, 2.45) is 11.8 Å². The minimum absolute atomic E-state index is 0.145. The monoisotopic (exact) mass is 369 g/mol. The predicted molar refractivity (Wildman–Crippen MR) is 109 cm³/mol. The zero-order valence-corrected chi connectivity index (χ0v) is 16.3. The minimum Gasteiger partial charge on any atom is -0.494 e. The summed E-state index contributed by atoms with van der Waals surface area (Å²) in [5, 5.41) is 4.11. The largest absolute Gasteiger partial charge is 0.494 e. The number of carbonyl (C=O) groups is 1. The number of aromatic amines is 1. The number of amides is 1. The lowest BCUT2D eigenvalue weighted by molar-refractivity contribution is -0.122. The van der Waals surface area contributed by atoms with E-state index in [1.165, 1.54) is 38.9 Å². The van der Waals surface area contributed by atoms with Gasteiger partial charge < -0.3 is 19.9 Å². The van der Waals surface area contributed by atoms with Crippen LogP contribution in [0, 0.1) is 11.8 Å². The zero-order valence-electron chi connectivity index (χ0n) is 16.3. The van der Waals surface area contributed by atoms with E-state index in [1.54, 1.807) is 0 Å². The van der Waals surface area contributed by atoms with Gasteiger partial charge in [0.15, 0.2) is 0 Å². The van der Waals surface area contributed by atoms with E-state index in [-0.39, 0.29) is 11.8 Å². The van der Waals surface area contributed by atoms with Crippen LogP contribution in [0.4, 0.5) is 5.69 Å². The molecule has 2 aromatic rings. The summed E-state index contributed by atoms with van der Waals surface area (Å²) in [6, 6.07) is 6.08. The third-order valence-corrected chi connectivity index (χ3v) is 6.34. The molecule has 4 rings (SSSR count). The van der Waals surface area contributed by atoms with Crippen LogP contribution in [0.1, 0.15) is 45.4 Å². The second-order valence-corrected chi connectivity index (χ2v) is 8.04. The second kappa shape index (κ2) is 8.34. The first-order valence-corrected chi connectivity index (χ1v) is 10.5. The van der Waals surface area contributed by atoms with E-state index >= 15 is 0 Å². The van der Waals surface area contributed by atoms with Gasteiger partial charge in [0, 0.05) is 23.0 Å². The first-order chi connectivity index (χ1) is 13.2. The third kappa shape index (κ3) is 4.29. The Bertz CT molecular complexity index is 773. The maximum Gasteiger partial charge on any atom is 0.227 e. The van der Waals surface area contributed by atoms with Crippen LogP contribution in [-0.4, -0.2) is 42.0 Å². The molecule has 0 radical (unpaired) electrons. The molecule has 2 heterocycles. The highest BCUT2D eigenvalue weighted by molar-refractivity contribution is 6.02. The molecule has 0 atom stereocenters. The lowest BCUT2D eigenvalue weighted by Gasteiger charge is -2.30. The van der Waals surface area contributed by atoms with Crippen molar-refractivity contribution >= 4 is 22.5 Å². The van der Waals surface area contributed by atoms with Crippen molar-refractivity contribution in [2.45, 2.75) is 45.4 Å². The maximum absolute atomic E-state index is 12.3. The third-order valence-electron chi connectivity index (χ3n) is 6.34. The summed E-state index contributed by atoms with van der Waals surface area (Å²) in [6.45, 7) is 6.61. The quantitative estimate of drug-likeness (QED) is 0.760. The highest BCUT2D eigenvalue weighted by Crippen LogP contribution is 2.31. The summed E-state index contributed by atoms with van der Waals surface area (Å²) in [7, 11) is 0. The summed E-state index contributed by atoms with van der Waals surface area (Å²) in [5.41, 5.74) is 1.89. The molecular weight excluding hydrogens is 338 g/mol. The molecule has 1 amide bonds. The molecule has 2 N–H and O–H groups in total. The van der Waals surface area contributed by atoms with Crippen LogP contribution in [0.15, 0.2) is 24.4 Å². The summed E-state index contributed by atoms with van der Waals surface area (Å²) in [4.78, 5) is 18.0. The number of hydrogen-bond donors (Lipinski definition) is 2. The van der Waals surface area contributed by atoms with Gasteiger partial charge >= 0.3 is 0 Å². The van der Waals surface area contributed by atoms with Crippen LogP contribution in [0.5, 0.6) is 5.75 Å². The normalized spacial score (nSPS) is 19.1. The zero-order chi connectivity index (χ0) is 18.6. The number of rotatable bonds is 7. The Hall–Kier alpha value is -2.01. The molecule has 1 aliphatic heterocycles. The Morgan fingerprint density at radius 2 is 2.07 bits per heavy atom. The van der Waals surface area contributed by atoms with E-state index in [4.69, 9.17) is 4.74 Å².